The number of nitrogens with one attached hydrogen (secondary N) is 1. The van der Waals surface area contributed by atoms with Crippen LogP contribution in [0, 0.1) is 12.8 Å². The van der Waals surface area contributed by atoms with E-state index in [1.807, 2.05) is 52.8 Å². The van der Waals surface area contributed by atoms with E-state index in [0.29, 0.717) is 30.8 Å². The molecule has 0 amide bonds. The van der Waals surface area contributed by atoms with Gasteiger partial charge in [0.15, 0.2) is 5.11 Å². The van der Waals surface area contributed by atoms with E-state index in [9.17, 15) is 8.42 Å². The van der Waals surface area contributed by atoms with Crippen molar-refractivity contribution in [3.63, 3.8) is 0 Å². The van der Waals surface area contributed by atoms with Crippen LogP contribution in [0.1, 0.15) is 49.3 Å². The van der Waals surface area contributed by atoms with Crippen LogP contribution in [0.2, 0.25) is 0 Å². The zero-order chi connectivity index (χ0) is 24.3. The lowest BCUT2D eigenvalue weighted by Gasteiger charge is -2.26. The predicted octanol–water partition coefficient (Wildman–Crippen LogP) is 4.45. The van der Waals surface area contributed by atoms with Crippen molar-refractivity contribution in [3.05, 3.63) is 71.4 Å². The Kier molecular flexibility index (Phi) is 7.42. The average Bonchev–Trinajstić information content (AvgIpc) is 3.26. The molecule has 9 heteroatoms. The Morgan fingerprint density at radius 1 is 1.24 bits per heavy atom. The molecule has 0 bridgehead atoms. The number of hydrogen-bond donors (Lipinski definition) is 1. The van der Waals surface area contributed by atoms with Crippen LogP contribution in [0.5, 0.6) is 0 Å². The molecule has 1 fully saturated rings. The first-order valence-electron chi connectivity index (χ1n) is 11.6. The van der Waals surface area contributed by atoms with Gasteiger partial charge in [-0.3, -0.25) is 0 Å². The highest BCUT2D eigenvalue weighted by Crippen LogP contribution is 2.23. The molecule has 2 heterocycles. The first-order valence-corrected chi connectivity index (χ1v) is 13.7. The number of rotatable bonds is 10. The Balaban J connectivity index is 1.63. The Bertz CT molecular complexity index is 1230. The van der Waals surface area contributed by atoms with E-state index in [2.05, 4.69) is 24.1 Å². The molecule has 1 aromatic carbocycles. The van der Waals surface area contributed by atoms with Crippen LogP contribution in [0.4, 0.5) is 0 Å². The predicted molar refractivity (Wildman–Crippen MR) is 136 cm³/mol. The Morgan fingerprint density at radius 2 is 2.00 bits per heavy atom. The van der Waals surface area contributed by atoms with Crippen molar-refractivity contribution in [3.8, 4) is 0 Å². The number of nitrogens with zero attached hydrogens (tertiary/aromatic N) is 3. The minimum absolute atomic E-state index is 0.0774. The molecule has 0 atom stereocenters. The summed E-state index contributed by atoms with van der Waals surface area (Å²) in [6, 6.07) is 11.7. The number of imidazole rings is 1. The maximum absolute atomic E-state index is 13.4. The van der Waals surface area contributed by atoms with Gasteiger partial charge in [-0.1, -0.05) is 38.1 Å². The standard InChI is InChI=1S/C25H32N4O3S2/c1-18(2)14-29-22(13-26-25(29)34(30,31)17-20-8-5-4-7-19(20)3)15-28(16-23-9-6-12-32-23)24(33)27-21-10-11-21/h4-9,12-13,18,21H,10-11,14-17H2,1-3H3,(H,27,33). The van der Waals surface area contributed by atoms with Crippen molar-refractivity contribution in [2.75, 3.05) is 0 Å². The molecule has 0 radical (unpaired) electrons. The first kappa shape index (κ1) is 24.5. The minimum Gasteiger partial charge on any atom is -0.467 e. The van der Waals surface area contributed by atoms with Crippen LogP contribution in [0.25, 0.3) is 0 Å². The molecule has 1 aliphatic carbocycles. The fourth-order valence-corrected chi connectivity index (χ4v) is 5.75. The second-order valence-corrected chi connectivity index (χ2v) is 11.7. The second kappa shape index (κ2) is 10.3. The summed E-state index contributed by atoms with van der Waals surface area (Å²) in [6.07, 6.45) is 5.54. The number of sulfone groups is 1. The molecular weight excluding hydrogens is 468 g/mol. The second-order valence-electron chi connectivity index (χ2n) is 9.38. The summed E-state index contributed by atoms with van der Waals surface area (Å²) in [6.45, 7) is 7.54. The molecule has 1 saturated carbocycles. The maximum Gasteiger partial charge on any atom is 0.228 e. The number of hydrogen-bond acceptors (Lipinski definition) is 5. The van der Waals surface area contributed by atoms with Crippen molar-refractivity contribution >= 4 is 27.2 Å². The SMILES string of the molecule is Cc1ccccc1CS(=O)(=O)c1ncc(CN(Cc2ccco2)C(=S)NC2CC2)n1CC(C)C. The summed E-state index contributed by atoms with van der Waals surface area (Å²) in [5.41, 5.74) is 2.55. The molecule has 0 spiro atoms. The highest BCUT2D eigenvalue weighted by Gasteiger charge is 2.28. The van der Waals surface area contributed by atoms with E-state index in [1.165, 1.54) is 0 Å². The fraction of sp³-hybridized carbons (Fsp3) is 0.440. The van der Waals surface area contributed by atoms with E-state index < -0.39 is 9.84 Å². The lowest BCUT2D eigenvalue weighted by atomic mass is 10.1. The lowest BCUT2D eigenvalue weighted by molar-refractivity contribution is 0.337. The Morgan fingerprint density at radius 3 is 2.65 bits per heavy atom. The normalized spacial score (nSPS) is 13.9. The molecule has 1 aliphatic rings. The molecule has 1 N–H and O–H groups in total. The van der Waals surface area contributed by atoms with Gasteiger partial charge in [0.25, 0.3) is 0 Å². The van der Waals surface area contributed by atoms with Crippen molar-refractivity contribution < 1.29 is 12.8 Å². The third-order valence-corrected chi connectivity index (χ3v) is 7.76. The topological polar surface area (TPSA) is 80.4 Å². The molecule has 0 saturated heterocycles. The largest absolute Gasteiger partial charge is 0.467 e. The minimum atomic E-state index is -3.64. The van der Waals surface area contributed by atoms with Gasteiger partial charge >= 0.3 is 0 Å². The van der Waals surface area contributed by atoms with Crippen molar-refractivity contribution in [1.82, 2.24) is 19.8 Å². The summed E-state index contributed by atoms with van der Waals surface area (Å²) in [5.74, 6) is 0.962. The van der Waals surface area contributed by atoms with Gasteiger partial charge in [-0.15, -0.1) is 0 Å². The molecule has 4 rings (SSSR count). The van der Waals surface area contributed by atoms with Crippen LogP contribution >= 0.6 is 12.2 Å². The van der Waals surface area contributed by atoms with E-state index in [1.54, 1.807) is 12.5 Å². The molecule has 0 unspecified atom stereocenters. The molecule has 34 heavy (non-hydrogen) atoms. The summed E-state index contributed by atoms with van der Waals surface area (Å²) in [4.78, 5) is 6.42. The molecule has 2 aromatic heterocycles. The van der Waals surface area contributed by atoms with Crippen LogP contribution in [0.3, 0.4) is 0 Å². The van der Waals surface area contributed by atoms with Crippen LogP contribution in [-0.4, -0.2) is 34.0 Å². The van der Waals surface area contributed by atoms with Gasteiger partial charge in [0.1, 0.15) is 5.76 Å². The smallest absolute Gasteiger partial charge is 0.228 e. The summed E-state index contributed by atoms with van der Waals surface area (Å²) < 4.78 is 34.3. The van der Waals surface area contributed by atoms with Crippen LogP contribution in [0.15, 0.2) is 58.4 Å². The molecule has 0 aliphatic heterocycles. The monoisotopic (exact) mass is 500 g/mol. The van der Waals surface area contributed by atoms with Crippen molar-refractivity contribution in [1.29, 1.82) is 0 Å². The maximum atomic E-state index is 13.4. The van der Waals surface area contributed by atoms with E-state index in [4.69, 9.17) is 16.6 Å². The van der Waals surface area contributed by atoms with Gasteiger partial charge in [-0.05, 0) is 61.2 Å². The Hall–Kier alpha value is -2.65. The van der Waals surface area contributed by atoms with Gasteiger partial charge in [-0.2, -0.15) is 0 Å². The van der Waals surface area contributed by atoms with E-state index in [0.717, 1.165) is 35.4 Å². The van der Waals surface area contributed by atoms with Gasteiger partial charge < -0.3 is 19.2 Å². The molecule has 7 nitrogen and oxygen atoms in total. The van der Waals surface area contributed by atoms with E-state index >= 15 is 0 Å². The highest BCUT2D eigenvalue weighted by atomic mass is 32.2. The van der Waals surface area contributed by atoms with Crippen molar-refractivity contribution in [2.24, 2.45) is 5.92 Å². The summed E-state index contributed by atoms with van der Waals surface area (Å²) >= 11 is 5.70. The summed E-state index contributed by atoms with van der Waals surface area (Å²) in [7, 11) is -3.64. The summed E-state index contributed by atoms with van der Waals surface area (Å²) in [5, 5.41) is 4.14. The molecule has 182 valence electrons. The number of thiocarbonyl (C=S) groups is 1. The van der Waals surface area contributed by atoms with Gasteiger partial charge in [0.05, 0.1) is 37.0 Å². The quantitative estimate of drug-likeness (QED) is 0.412. The van der Waals surface area contributed by atoms with Gasteiger partial charge in [-0.25, -0.2) is 13.4 Å². The third-order valence-electron chi connectivity index (χ3n) is 5.81. The zero-order valence-electron chi connectivity index (χ0n) is 19.9. The number of benzene rings is 1. The third kappa shape index (κ3) is 6.07. The van der Waals surface area contributed by atoms with Gasteiger partial charge in [0.2, 0.25) is 15.0 Å². The van der Waals surface area contributed by atoms with Crippen LogP contribution < -0.4 is 5.32 Å². The highest BCUT2D eigenvalue weighted by molar-refractivity contribution is 7.90. The molecular formula is C25H32N4O3S2. The Labute approximate surface area is 207 Å². The average molecular weight is 501 g/mol. The van der Waals surface area contributed by atoms with Crippen molar-refractivity contribution in [2.45, 2.75) is 70.2 Å². The van der Waals surface area contributed by atoms with Crippen LogP contribution in [-0.2, 0) is 35.2 Å². The zero-order valence-corrected chi connectivity index (χ0v) is 21.5. The lowest BCUT2D eigenvalue weighted by Crippen LogP contribution is -2.40. The molecule has 3 aromatic rings. The van der Waals surface area contributed by atoms with E-state index in [-0.39, 0.29) is 16.8 Å². The number of furan rings is 1. The number of aromatic nitrogens is 2. The van der Waals surface area contributed by atoms with Gasteiger partial charge in [0, 0.05) is 12.6 Å². The fourth-order valence-electron chi connectivity index (χ4n) is 3.85. The number of aryl methyl sites for hydroxylation is 1. The first-order chi connectivity index (χ1) is 16.2.